The van der Waals surface area contributed by atoms with E-state index in [1.165, 1.54) is 30.3 Å². The summed E-state index contributed by atoms with van der Waals surface area (Å²) in [5, 5.41) is 12.0. The second kappa shape index (κ2) is 9.18. The minimum Gasteiger partial charge on any atom is -0.548 e. The molecule has 0 aliphatic rings. The molecule has 1 amide bonds. The molecule has 0 spiro atoms. The average molecular weight is 471 g/mol. The molecule has 0 fully saturated rings. The lowest BCUT2D eigenvalue weighted by molar-refractivity contribution is -0.304. The number of fused-ring (bicyclic) bond motifs is 1. The van der Waals surface area contributed by atoms with Gasteiger partial charge >= 0.3 is 6.18 Å². The quantitative estimate of drug-likeness (QED) is 0.563. The first-order chi connectivity index (χ1) is 15.1. The van der Waals surface area contributed by atoms with Crippen molar-refractivity contribution in [3.63, 3.8) is 0 Å². The predicted octanol–water partition coefficient (Wildman–Crippen LogP) is 2.50. The van der Waals surface area contributed by atoms with Crippen LogP contribution in [0.5, 0.6) is 17.2 Å². The largest absolute Gasteiger partial charge is 0.548 e. The third-order valence-electron chi connectivity index (χ3n) is 3.93. The Kier molecular flexibility index (Phi) is 6.58. The van der Waals surface area contributed by atoms with Crippen LogP contribution < -0.4 is 25.3 Å². The number of nitrogens with one attached hydrogen (secondary N) is 1. The van der Waals surface area contributed by atoms with Crippen LogP contribution in [0.3, 0.4) is 0 Å². The summed E-state index contributed by atoms with van der Waals surface area (Å²) in [7, 11) is 0. The van der Waals surface area contributed by atoms with Crippen molar-refractivity contribution in [1.29, 1.82) is 0 Å². The van der Waals surface area contributed by atoms with Gasteiger partial charge in [0.2, 0.25) is 11.2 Å². The van der Waals surface area contributed by atoms with Crippen LogP contribution in [0.4, 0.5) is 13.2 Å². The highest BCUT2D eigenvalue weighted by Gasteiger charge is 2.40. The van der Waals surface area contributed by atoms with E-state index >= 15 is 0 Å². The van der Waals surface area contributed by atoms with E-state index in [0.717, 1.165) is 12.1 Å². The maximum Gasteiger partial charge on any atom is 0.453 e. The van der Waals surface area contributed by atoms with Gasteiger partial charge in [-0.15, -0.1) is 0 Å². The molecule has 32 heavy (non-hydrogen) atoms. The molecular formula is C20H12ClF3NO7-. The number of hydrogen-bond acceptors (Lipinski definition) is 7. The summed E-state index contributed by atoms with van der Waals surface area (Å²) in [6.45, 7) is -1.37. The zero-order chi connectivity index (χ0) is 23.5. The fourth-order valence-corrected chi connectivity index (χ4v) is 2.71. The van der Waals surface area contributed by atoms with Crippen LogP contribution in [-0.4, -0.2) is 25.0 Å². The number of halogens is 4. The second-order valence-electron chi connectivity index (χ2n) is 6.22. The summed E-state index contributed by atoms with van der Waals surface area (Å²) in [5.74, 6) is -5.37. The molecule has 3 rings (SSSR count). The number of rotatable bonds is 7. The van der Waals surface area contributed by atoms with Crippen LogP contribution in [0.1, 0.15) is 5.76 Å². The molecule has 0 bridgehead atoms. The van der Waals surface area contributed by atoms with Gasteiger partial charge in [0.15, 0.2) is 6.61 Å². The van der Waals surface area contributed by atoms with Gasteiger partial charge in [-0.1, -0.05) is 23.7 Å². The van der Waals surface area contributed by atoms with E-state index in [0.29, 0.717) is 0 Å². The smallest absolute Gasteiger partial charge is 0.453 e. The maximum atomic E-state index is 13.6. The lowest BCUT2D eigenvalue weighted by Gasteiger charge is -2.14. The molecule has 12 heteroatoms. The highest BCUT2D eigenvalue weighted by atomic mass is 35.5. The van der Waals surface area contributed by atoms with Gasteiger partial charge in [0.1, 0.15) is 17.1 Å². The van der Waals surface area contributed by atoms with E-state index < -0.39 is 53.7 Å². The van der Waals surface area contributed by atoms with Gasteiger partial charge in [-0.25, -0.2) is 0 Å². The van der Waals surface area contributed by atoms with Gasteiger partial charge in [0.25, 0.3) is 11.7 Å². The van der Waals surface area contributed by atoms with Gasteiger partial charge in [-0.2, -0.15) is 13.2 Å². The van der Waals surface area contributed by atoms with Crippen molar-refractivity contribution >= 4 is 34.4 Å². The Balaban J connectivity index is 1.96. The fraction of sp³-hybridized carbons (Fsp3) is 0.150. The number of para-hydroxylation sites is 1. The van der Waals surface area contributed by atoms with Crippen LogP contribution >= 0.6 is 11.6 Å². The van der Waals surface area contributed by atoms with Gasteiger partial charge in [-0.05, 0) is 24.3 Å². The van der Waals surface area contributed by atoms with Crippen molar-refractivity contribution in [2.45, 2.75) is 6.18 Å². The van der Waals surface area contributed by atoms with E-state index in [-0.39, 0.29) is 21.9 Å². The molecule has 0 atom stereocenters. The summed E-state index contributed by atoms with van der Waals surface area (Å²) in [4.78, 5) is 34.5. The third-order valence-corrected chi connectivity index (χ3v) is 4.24. The molecule has 1 N–H and O–H groups in total. The molecule has 2 aromatic carbocycles. The molecule has 0 unspecified atom stereocenters. The van der Waals surface area contributed by atoms with Crippen molar-refractivity contribution in [3.05, 3.63) is 63.5 Å². The van der Waals surface area contributed by atoms with Crippen LogP contribution in [0.15, 0.2) is 51.7 Å². The lowest BCUT2D eigenvalue weighted by Crippen LogP contribution is -2.39. The Morgan fingerprint density at radius 1 is 1.16 bits per heavy atom. The van der Waals surface area contributed by atoms with E-state index in [1.54, 1.807) is 0 Å². The van der Waals surface area contributed by atoms with Gasteiger partial charge in [-0.3, -0.25) is 9.59 Å². The summed E-state index contributed by atoms with van der Waals surface area (Å²) in [6.07, 6.45) is -5.08. The molecule has 0 saturated carbocycles. The highest BCUT2D eigenvalue weighted by Crippen LogP contribution is 2.39. The zero-order valence-electron chi connectivity index (χ0n) is 15.8. The number of carboxylic acid groups (broad SMARTS) is 1. The molecule has 168 valence electrons. The summed E-state index contributed by atoms with van der Waals surface area (Å²) >= 11 is 5.91. The number of carboxylic acids is 1. The first kappa shape index (κ1) is 22.9. The topological polar surface area (TPSA) is 118 Å². The zero-order valence-corrected chi connectivity index (χ0v) is 16.6. The number of alkyl halides is 3. The number of aliphatic carboxylic acids is 1. The van der Waals surface area contributed by atoms with Crippen molar-refractivity contribution in [1.82, 2.24) is 5.32 Å². The molecule has 1 heterocycles. The van der Waals surface area contributed by atoms with Gasteiger partial charge in [0.05, 0.1) is 22.9 Å². The lowest BCUT2D eigenvalue weighted by atomic mass is 10.2. The van der Waals surface area contributed by atoms with Crippen molar-refractivity contribution in [2.24, 2.45) is 0 Å². The fourth-order valence-electron chi connectivity index (χ4n) is 2.53. The molecular weight excluding hydrogens is 459 g/mol. The van der Waals surface area contributed by atoms with Crippen LogP contribution in [-0.2, 0) is 15.8 Å². The van der Waals surface area contributed by atoms with Crippen molar-refractivity contribution < 1.29 is 41.8 Å². The standard InChI is InChI=1S/C20H13ClF3NO7/c21-12-3-1-2-4-13(12)31-18-17(29)11-6-5-10(30-9-15(26)25-8-16(27)28)7-14(11)32-19(18)20(22,23)24/h1-7H,8-9H2,(H,25,26)(H,27,28)/p-1. The summed E-state index contributed by atoms with van der Waals surface area (Å²) in [6, 6.07) is 8.99. The number of hydrogen-bond donors (Lipinski definition) is 1. The maximum absolute atomic E-state index is 13.6. The molecule has 0 saturated heterocycles. The highest BCUT2D eigenvalue weighted by molar-refractivity contribution is 6.32. The van der Waals surface area contributed by atoms with E-state index in [9.17, 15) is 32.7 Å². The molecule has 1 aromatic heterocycles. The molecule has 3 aromatic rings. The summed E-state index contributed by atoms with van der Waals surface area (Å²) in [5.41, 5.74) is -1.57. The minimum atomic E-state index is -5.08. The second-order valence-corrected chi connectivity index (χ2v) is 6.62. The Morgan fingerprint density at radius 2 is 1.88 bits per heavy atom. The summed E-state index contributed by atoms with van der Waals surface area (Å²) < 4.78 is 55.9. The SMILES string of the molecule is O=C([O-])CNC(=O)COc1ccc2c(=O)c(Oc3ccccc3Cl)c(C(F)(F)F)oc2c1. The third kappa shape index (κ3) is 5.30. The average Bonchev–Trinajstić information content (AvgIpc) is 2.73. The van der Waals surface area contributed by atoms with Gasteiger partial charge < -0.3 is 29.1 Å². The number of amides is 1. The number of benzene rings is 2. The molecule has 0 aliphatic heterocycles. The Morgan fingerprint density at radius 3 is 2.53 bits per heavy atom. The first-order valence-electron chi connectivity index (χ1n) is 8.76. The predicted molar refractivity (Wildman–Crippen MR) is 103 cm³/mol. The van der Waals surface area contributed by atoms with Crippen molar-refractivity contribution in [3.8, 4) is 17.2 Å². The van der Waals surface area contributed by atoms with E-state index in [4.69, 9.17) is 25.5 Å². The van der Waals surface area contributed by atoms with Gasteiger partial charge in [0, 0.05) is 6.07 Å². The normalized spacial score (nSPS) is 11.2. The Labute approximate surface area is 182 Å². The van der Waals surface area contributed by atoms with E-state index in [2.05, 4.69) is 0 Å². The molecule has 0 radical (unpaired) electrons. The number of ether oxygens (including phenoxy) is 2. The first-order valence-corrected chi connectivity index (χ1v) is 9.14. The molecule has 0 aliphatic carbocycles. The number of carbonyl (C=O) groups excluding carboxylic acids is 2. The Hall–Kier alpha value is -3.73. The van der Waals surface area contributed by atoms with Crippen LogP contribution in [0.2, 0.25) is 5.02 Å². The Bertz CT molecular complexity index is 1240. The van der Waals surface area contributed by atoms with Crippen LogP contribution in [0.25, 0.3) is 11.0 Å². The van der Waals surface area contributed by atoms with E-state index in [1.807, 2.05) is 5.32 Å². The van der Waals surface area contributed by atoms with Crippen molar-refractivity contribution in [2.75, 3.05) is 13.2 Å². The minimum absolute atomic E-state index is 0.0131. The number of carbonyl (C=O) groups is 2. The van der Waals surface area contributed by atoms with Crippen LogP contribution in [0, 0.1) is 0 Å². The molecule has 8 nitrogen and oxygen atoms in total. The monoisotopic (exact) mass is 470 g/mol.